The van der Waals surface area contributed by atoms with Crippen LogP contribution in [-0.2, 0) is 54.5 Å². The molecule has 2 aliphatic heterocycles. The van der Waals surface area contributed by atoms with Gasteiger partial charge >= 0.3 is 0 Å². The highest BCUT2D eigenvalue weighted by molar-refractivity contribution is 5.99. The fourth-order valence-corrected chi connectivity index (χ4v) is 8.30. The quantitative estimate of drug-likeness (QED) is 0.112. The van der Waals surface area contributed by atoms with E-state index in [0.29, 0.717) is 24.8 Å². The Morgan fingerprint density at radius 3 is 1.74 bits per heavy atom. The van der Waals surface area contributed by atoms with Crippen LogP contribution >= 0.6 is 0 Å². The summed E-state index contributed by atoms with van der Waals surface area (Å²) in [5.74, 6) is -3.93. The number of aryl methyl sites for hydroxylation is 1. The molecule has 14 nitrogen and oxygen atoms in total. The van der Waals surface area contributed by atoms with Gasteiger partial charge in [0.1, 0.15) is 36.3 Å². The van der Waals surface area contributed by atoms with E-state index in [-0.39, 0.29) is 32.2 Å². The first-order valence-corrected chi connectivity index (χ1v) is 21.2. The molecule has 62 heavy (non-hydrogen) atoms. The van der Waals surface area contributed by atoms with Crippen LogP contribution in [0.5, 0.6) is 0 Å². The van der Waals surface area contributed by atoms with Gasteiger partial charge in [-0.3, -0.25) is 28.8 Å². The highest BCUT2D eigenvalue weighted by Gasteiger charge is 2.41. The fraction of sp³-hybridized carbons (Fsp3) is 0.333. The monoisotopic (exact) mass is 839 g/mol. The smallest absolute Gasteiger partial charge is 0.246 e. The van der Waals surface area contributed by atoms with Crippen molar-refractivity contribution < 1.29 is 33.9 Å². The molecule has 4 aromatic carbocycles. The number of nitrogens with one attached hydrogen (secondary N) is 6. The number of aromatic amines is 1. The summed E-state index contributed by atoms with van der Waals surface area (Å²) in [5.41, 5.74) is 3.92. The zero-order valence-corrected chi connectivity index (χ0v) is 34.6. The number of fused-ring (bicyclic) bond motifs is 2. The Labute approximate surface area is 360 Å². The van der Waals surface area contributed by atoms with E-state index in [1.54, 1.807) is 42.6 Å². The largest absolute Gasteiger partial charge is 0.391 e. The standard InChI is InChI=1S/C48H53N7O7/c1-30(56)42-47(61)53-40(27-33-18-9-4-10-19-33)48(62)55-25-13-22-41(55)46(60)50-37(24-23-31-14-5-2-6-15-31)43(57)52-39(28-34-29-49-36-21-12-11-20-35(34)36)44(58)51-38(45(59)54-42)26-32-16-7-3-8-17-32/h2-12,14-21,29-30,37-42,49,56H,13,22-28H2,1H3,(H,50,60)(H,51,58)(H,52,57)(H,53,61)(H,54,59)/t30-,37+,38+,39-,40+,41+,42+/m1/s1. The van der Waals surface area contributed by atoms with Crippen LogP contribution < -0.4 is 26.6 Å². The number of benzene rings is 4. The molecule has 2 fully saturated rings. The Morgan fingerprint density at radius 2 is 1.10 bits per heavy atom. The van der Waals surface area contributed by atoms with Crippen molar-refractivity contribution in [1.82, 2.24) is 36.5 Å². The van der Waals surface area contributed by atoms with Gasteiger partial charge in [0.15, 0.2) is 0 Å². The van der Waals surface area contributed by atoms with Crippen LogP contribution in [0.4, 0.5) is 0 Å². The zero-order chi connectivity index (χ0) is 43.6. The minimum atomic E-state index is -1.53. The minimum Gasteiger partial charge on any atom is -0.391 e. The van der Waals surface area contributed by atoms with E-state index in [1.165, 1.54) is 11.8 Å². The second-order valence-corrected chi connectivity index (χ2v) is 16.1. The highest BCUT2D eigenvalue weighted by Crippen LogP contribution is 2.22. The van der Waals surface area contributed by atoms with Crippen LogP contribution in [0.2, 0.25) is 0 Å². The molecule has 7 atom stereocenters. The first-order valence-electron chi connectivity index (χ1n) is 21.2. The number of aromatic nitrogens is 1. The summed E-state index contributed by atoms with van der Waals surface area (Å²) in [4.78, 5) is 91.2. The van der Waals surface area contributed by atoms with E-state index in [1.807, 2.05) is 78.9 Å². The van der Waals surface area contributed by atoms with Crippen molar-refractivity contribution in [3.8, 4) is 0 Å². The Hall–Kier alpha value is -6.80. The first kappa shape index (κ1) is 43.3. The SMILES string of the molecule is C[C@@H](O)[C@@H]1NC(=O)[C@H](Cc2ccccc2)NC(=O)[C@@H](Cc2c[nH]c3ccccc23)NC(=O)[C@H](CCc2ccccc2)NC(=O)[C@@H]2CCCN2C(=O)[C@H](Cc2ccccc2)NC1=O. The van der Waals surface area contributed by atoms with Gasteiger partial charge in [-0.25, -0.2) is 0 Å². The van der Waals surface area contributed by atoms with Gasteiger partial charge in [-0.1, -0.05) is 109 Å². The first-order chi connectivity index (χ1) is 30.0. The van der Waals surface area contributed by atoms with Gasteiger partial charge in [-0.2, -0.15) is 0 Å². The second kappa shape index (κ2) is 20.2. The molecule has 6 amide bonds. The van der Waals surface area contributed by atoms with Crippen molar-refractivity contribution in [2.45, 2.75) is 94.2 Å². The Kier molecular flexibility index (Phi) is 14.1. The third kappa shape index (κ3) is 10.7. The van der Waals surface area contributed by atoms with E-state index < -0.39 is 77.8 Å². The Morgan fingerprint density at radius 1 is 0.581 bits per heavy atom. The molecule has 7 rings (SSSR count). The summed E-state index contributed by atoms with van der Waals surface area (Å²) in [6, 6.07) is 27.8. The lowest BCUT2D eigenvalue weighted by Gasteiger charge is -2.32. The van der Waals surface area contributed by atoms with Gasteiger partial charge in [0.2, 0.25) is 35.4 Å². The average molecular weight is 840 g/mol. The van der Waals surface area contributed by atoms with E-state index in [4.69, 9.17) is 0 Å². The highest BCUT2D eigenvalue weighted by atomic mass is 16.3. The van der Waals surface area contributed by atoms with Gasteiger partial charge in [0.05, 0.1) is 6.10 Å². The molecule has 1 aromatic heterocycles. The molecule has 0 spiro atoms. The lowest BCUT2D eigenvalue weighted by Crippen LogP contribution is -2.63. The fourth-order valence-electron chi connectivity index (χ4n) is 8.30. The molecule has 5 aromatic rings. The number of carbonyl (C=O) groups excluding carboxylic acids is 6. The number of aliphatic hydroxyl groups excluding tert-OH is 1. The van der Waals surface area contributed by atoms with Crippen molar-refractivity contribution in [2.24, 2.45) is 0 Å². The van der Waals surface area contributed by atoms with E-state index in [2.05, 4.69) is 31.6 Å². The predicted molar refractivity (Wildman–Crippen MR) is 233 cm³/mol. The molecule has 0 aliphatic carbocycles. The van der Waals surface area contributed by atoms with Crippen LogP contribution in [0, 0.1) is 0 Å². The molecule has 2 saturated heterocycles. The van der Waals surface area contributed by atoms with Crippen molar-refractivity contribution in [3.63, 3.8) is 0 Å². The topological polar surface area (TPSA) is 202 Å². The van der Waals surface area contributed by atoms with Crippen molar-refractivity contribution in [3.05, 3.63) is 144 Å². The number of hydrogen-bond donors (Lipinski definition) is 7. The van der Waals surface area contributed by atoms with E-state index >= 15 is 0 Å². The second-order valence-electron chi connectivity index (χ2n) is 16.1. The van der Waals surface area contributed by atoms with Crippen LogP contribution in [-0.4, -0.2) is 99.3 Å². The van der Waals surface area contributed by atoms with E-state index in [0.717, 1.165) is 27.6 Å². The summed E-state index contributed by atoms with van der Waals surface area (Å²) in [7, 11) is 0. The van der Waals surface area contributed by atoms with Gasteiger partial charge in [-0.05, 0) is 60.9 Å². The Balaban J connectivity index is 1.28. The summed E-state index contributed by atoms with van der Waals surface area (Å²) in [6.07, 6.45) is 1.84. The molecule has 14 heteroatoms. The number of H-pyrrole nitrogens is 1. The molecule has 2 aliphatic rings. The molecule has 7 N–H and O–H groups in total. The normalized spacial score (nSPS) is 23.5. The third-order valence-electron chi connectivity index (χ3n) is 11.6. The van der Waals surface area contributed by atoms with Gasteiger partial charge in [-0.15, -0.1) is 0 Å². The number of aliphatic hydroxyl groups is 1. The maximum atomic E-state index is 14.6. The molecule has 0 radical (unpaired) electrons. The number of hydrogen-bond acceptors (Lipinski definition) is 7. The van der Waals surface area contributed by atoms with Gasteiger partial charge in [0, 0.05) is 42.9 Å². The average Bonchev–Trinajstić information content (AvgIpc) is 3.94. The minimum absolute atomic E-state index is 0.00153. The van der Waals surface area contributed by atoms with Crippen molar-refractivity contribution in [2.75, 3.05) is 6.54 Å². The van der Waals surface area contributed by atoms with Crippen LogP contribution in [0.25, 0.3) is 10.9 Å². The lowest BCUT2D eigenvalue weighted by molar-refractivity contribution is -0.143. The van der Waals surface area contributed by atoms with Crippen LogP contribution in [0.15, 0.2) is 121 Å². The number of rotatable bonds is 10. The Bertz CT molecular complexity index is 2350. The van der Waals surface area contributed by atoms with Gasteiger partial charge < -0.3 is 41.6 Å². The summed E-state index contributed by atoms with van der Waals surface area (Å²) in [6.45, 7) is 1.57. The molecule has 322 valence electrons. The maximum absolute atomic E-state index is 14.6. The summed E-state index contributed by atoms with van der Waals surface area (Å²) >= 11 is 0. The van der Waals surface area contributed by atoms with Crippen LogP contribution in [0.3, 0.4) is 0 Å². The lowest BCUT2D eigenvalue weighted by atomic mass is 9.99. The number of amides is 6. The van der Waals surface area contributed by atoms with Crippen LogP contribution in [0.1, 0.15) is 48.4 Å². The molecule has 3 heterocycles. The molecular formula is C48H53N7O7. The third-order valence-corrected chi connectivity index (χ3v) is 11.6. The van der Waals surface area contributed by atoms with Crippen molar-refractivity contribution in [1.29, 1.82) is 0 Å². The zero-order valence-electron chi connectivity index (χ0n) is 34.6. The maximum Gasteiger partial charge on any atom is 0.246 e. The summed E-state index contributed by atoms with van der Waals surface area (Å²) < 4.78 is 0. The molecule has 0 unspecified atom stereocenters. The van der Waals surface area contributed by atoms with Crippen molar-refractivity contribution >= 4 is 46.3 Å². The van der Waals surface area contributed by atoms with Gasteiger partial charge in [0.25, 0.3) is 0 Å². The summed E-state index contributed by atoms with van der Waals surface area (Å²) in [5, 5.41) is 25.9. The number of carbonyl (C=O) groups is 6. The number of para-hydroxylation sites is 1. The molecule has 0 bridgehead atoms. The molecule has 0 saturated carbocycles. The molecular weight excluding hydrogens is 787 g/mol. The predicted octanol–water partition coefficient (Wildman–Crippen LogP) is 2.64. The van der Waals surface area contributed by atoms with E-state index in [9.17, 15) is 33.9 Å². The number of nitrogens with zero attached hydrogens (tertiary/aromatic N) is 1.